The van der Waals surface area contributed by atoms with Gasteiger partial charge in [-0.3, -0.25) is 0 Å². The number of aromatic nitrogens is 1. The molecule has 68 valence electrons. The van der Waals surface area contributed by atoms with E-state index in [1.807, 2.05) is 31.3 Å². The summed E-state index contributed by atoms with van der Waals surface area (Å²) in [5.41, 5.74) is 2.33. The minimum Gasteiger partial charge on any atom is -0.396 e. The normalized spacial score (nSPS) is 13.4. The van der Waals surface area contributed by atoms with E-state index in [1.54, 1.807) is 0 Å². The van der Waals surface area contributed by atoms with Gasteiger partial charge in [0.1, 0.15) is 0 Å². The van der Waals surface area contributed by atoms with Crippen LogP contribution < -0.4 is 0 Å². The molecule has 0 fully saturated rings. The number of benzene rings is 1. The summed E-state index contributed by atoms with van der Waals surface area (Å²) in [4.78, 5) is 3.19. The molecule has 0 radical (unpaired) electrons. The Hall–Kier alpha value is -1.28. The lowest BCUT2D eigenvalue weighted by atomic mass is 10.0. The van der Waals surface area contributed by atoms with Gasteiger partial charge in [-0.25, -0.2) is 0 Å². The summed E-state index contributed by atoms with van der Waals surface area (Å²) in [6.07, 6.45) is 1.98. The second kappa shape index (κ2) is 3.23. The molecule has 0 unspecified atom stereocenters. The number of aliphatic hydroxyl groups is 1. The van der Waals surface area contributed by atoms with Gasteiger partial charge in [-0.1, -0.05) is 25.1 Å². The maximum Gasteiger partial charge on any atom is 0.0497 e. The van der Waals surface area contributed by atoms with Crippen molar-refractivity contribution < 1.29 is 5.11 Å². The van der Waals surface area contributed by atoms with Crippen LogP contribution in [0.2, 0.25) is 0 Å². The van der Waals surface area contributed by atoms with E-state index >= 15 is 0 Å². The molecule has 2 N–H and O–H groups in total. The monoisotopic (exact) mass is 175 g/mol. The van der Waals surface area contributed by atoms with Crippen molar-refractivity contribution in [2.24, 2.45) is 0 Å². The van der Waals surface area contributed by atoms with Crippen molar-refractivity contribution in [1.82, 2.24) is 4.98 Å². The Morgan fingerprint density at radius 2 is 2.15 bits per heavy atom. The van der Waals surface area contributed by atoms with E-state index in [9.17, 15) is 0 Å². The second-order valence-electron chi connectivity index (χ2n) is 3.37. The third kappa shape index (κ3) is 1.33. The Balaban J connectivity index is 2.57. The quantitative estimate of drug-likeness (QED) is 0.721. The van der Waals surface area contributed by atoms with Crippen LogP contribution in [0.15, 0.2) is 30.5 Å². The summed E-state index contributed by atoms with van der Waals surface area (Å²) in [5, 5.41) is 10.3. The lowest BCUT2D eigenvalue weighted by molar-refractivity contribution is 0.273. The van der Waals surface area contributed by atoms with E-state index < -0.39 is 0 Å². The average molecular weight is 175 g/mol. The highest BCUT2D eigenvalue weighted by Crippen LogP contribution is 2.24. The first kappa shape index (κ1) is 8.32. The molecule has 2 rings (SSSR count). The first-order chi connectivity index (χ1) is 6.33. The van der Waals surface area contributed by atoms with Crippen LogP contribution in [0.3, 0.4) is 0 Å². The second-order valence-corrected chi connectivity index (χ2v) is 3.37. The van der Waals surface area contributed by atoms with Crippen molar-refractivity contribution >= 4 is 10.9 Å². The minimum atomic E-state index is 0.196. The van der Waals surface area contributed by atoms with Crippen LogP contribution in [0.25, 0.3) is 10.9 Å². The predicted octanol–water partition coefficient (Wildman–Crippen LogP) is 2.26. The molecule has 0 aliphatic carbocycles. The molecule has 0 saturated heterocycles. The van der Waals surface area contributed by atoms with Gasteiger partial charge in [0, 0.05) is 29.6 Å². The largest absolute Gasteiger partial charge is 0.396 e. The fraction of sp³-hybridized carbons (Fsp3) is 0.273. The van der Waals surface area contributed by atoms with E-state index in [-0.39, 0.29) is 12.5 Å². The van der Waals surface area contributed by atoms with Gasteiger partial charge in [0.2, 0.25) is 0 Å². The summed E-state index contributed by atoms with van der Waals surface area (Å²) in [6.45, 7) is 2.22. The molecule has 2 aromatic rings. The van der Waals surface area contributed by atoms with Gasteiger partial charge in [-0.15, -0.1) is 0 Å². The third-order valence-electron chi connectivity index (χ3n) is 2.43. The summed E-state index contributed by atoms with van der Waals surface area (Å²) in [6, 6.07) is 8.15. The Kier molecular flexibility index (Phi) is 2.07. The molecule has 0 aliphatic rings. The molecule has 1 aromatic heterocycles. The van der Waals surface area contributed by atoms with Crippen LogP contribution in [0.1, 0.15) is 18.4 Å². The predicted molar refractivity (Wildman–Crippen MR) is 53.8 cm³/mol. The number of hydrogen-bond acceptors (Lipinski definition) is 1. The van der Waals surface area contributed by atoms with E-state index in [4.69, 9.17) is 5.11 Å². The zero-order valence-corrected chi connectivity index (χ0v) is 7.62. The Morgan fingerprint density at radius 1 is 1.38 bits per heavy atom. The smallest absolute Gasteiger partial charge is 0.0497 e. The standard InChI is InChI=1S/C11H13NO/c1-8(7-13)10-6-12-11-5-3-2-4-9(10)11/h2-6,8,12-13H,7H2,1H3/t8-/m0/s1. The maximum absolute atomic E-state index is 9.05. The molecule has 13 heavy (non-hydrogen) atoms. The molecule has 1 atom stereocenters. The molecule has 0 bridgehead atoms. The Bertz CT molecular complexity index is 405. The van der Waals surface area contributed by atoms with Crippen LogP contribution in [0.4, 0.5) is 0 Å². The molecular weight excluding hydrogens is 162 g/mol. The van der Waals surface area contributed by atoms with Crippen LogP contribution in [-0.2, 0) is 0 Å². The molecule has 0 saturated carbocycles. The van der Waals surface area contributed by atoms with Crippen LogP contribution >= 0.6 is 0 Å². The number of aromatic amines is 1. The number of hydrogen-bond donors (Lipinski definition) is 2. The minimum absolute atomic E-state index is 0.196. The third-order valence-corrected chi connectivity index (χ3v) is 2.43. The van der Waals surface area contributed by atoms with E-state index in [0.29, 0.717) is 0 Å². The summed E-state index contributed by atoms with van der Waals surface area (Å²) < 4.78 is 0. The number of rotatable bonds is 2. The van der Waals surface area contributed by atoms with Gasteiger partial charge in [-0.2, -0.15) is 0 Å². The van der Waals surface area contributed by atoms with Crippen molar-refractivity contribution in [2.45, 2.75) is 12.8 Å². The van der Waals surface area contributed by atoms with Crippen molar-refractivity contribution in [3.05, 3.63) is 36.0 Å². The lowest BCUT2D eigenvalue weighted by Gasteiger charge is -2.04. The van der Waals surface area contributed by atoms with E-state index in [0.717, 1.165) is 5.52 Å². The van der Waals surface area contributed by atoms with Crippen LogP contribution in [0, 0.1) is 0 Å². The maximum atomic E-state index is 9.05. The average Bonchev–Trinajstić information content (AvgIpc) is 2.60. The zero-order valence-electron chi connectivity index (χ0n) is 7.62. The zero-order chi connectivity index (χ0) is 9.26. The van der Waals surface area contributed by atoms with Crippen LogP contribution in [0.5, 0.6) is 0 Å². The topological polar surface area (TPSA) is 36.0 Å². The molecule has 0 amide bonds. The number of fused-ring (bicyclic) bond motifs is 1. The van der Waals surface area contributed by atoms with Crippen molar-refractivity contribution in [3.8, 4) is 0 Å². The van der Waals surface area contributed by atoms with Crippen molar-refractivity contribution in [3.63, 3.8) is 0 Å². The molecule has 2 heteroatoms. The number of aliphatic hydroxyl groups excluding tert-OH is 1. The fourth-order valence-electron chi connectivity index (χ4n) is 1.60. The number of H-pyrrole nitrogens is 1. The van der Waals surface area contributed by atoms with Gasteiger partial charge in [0.15, 0.2) is 0 Å². The van der Waals surface area contributed by atoms with E-state index in [1.165, 1.54) is 10.9 Å². The van der Waals surface area contributed by atoms with Gasteiger partial charge < -0.3 is 10.1 Å². The molecule has 0 aliphatic heterocycles. The summed E-state index contributed by atoms with van der Waals surface area (Å²) >= 11 is 0. The van der Waals surface area contributed by atoms with Crippen molar-refractivity contribution in [2.75, 3.05) is 6.61 Å². The summed E-state index contributed by atoms with van der Waals surface area (Å²) in [5.74, 6) is 0.205. The van der Waals surface area contributed by atoms with Gasteiger partial charge >= 0.3 is 0 Å². The highest BCUT2D eigenvalue weighted by atomic mass is 16.3. The highest BCUT2D eigenvalue weighted by Gasteiger charge is 2.08. The van der Waals surface area contributed by atoms with E-state index in [2.05, 4.69) is 11.1 Å². The lowest BCUT2D eigenvalue weighted by Crippen LogP contribution is -1.96. The SMILES string of the molecule is C[C@@H](CO)c1c[nH]c2ccccc12. The molecule has 0 spiro atoms. The molecular formula is C11H13NO. The van der Waals surface area contributed by atoms with Crippen molar-refractivity contribution in [1.29, 1.82) is 0 Å². The fourth-order valence-corrected chi connectivity index (χ4v) is 1.60. The van der Waals surface area contributed by atoms with Gasteiger partial charge in [0.05, 0.1) is 0 Å². The van der Waals surface area contributed by atoms with Crippen LogP contribution in [-0.4, -0.2) is 16.7 Å². The molecule has 1 aromatic carbocycles. The summed E-state index contributed by atoms with van der Waals surface area (Å²) in [7, 11) is 0. The van der Waals surface area contributed by atoms with Gasteiger partial charge in [0.25, 0.3) is 0 Å². The number of para-hydroxylation sites is 1. The number of nitrogens with one attached hydrogen (secondary N) is 1. The Labute approximate surface area is 77.2 Å². The first-order valence-corrected chi connectivity index (χ1v) is 4.50. The molecule has 1 heterocycles. The molecule has 2 nitrogen and oxygen atoms in total. The first-order valence-electron chi connectivity index (χ1n) is 4.50. The Morgan fingerprint density at radius 3 is 2.92 bits per heavy atom. The highest BCUT2D eigenvalue weighted by molar-refractivity contribution is 5.83. The van der Waals surface area contributed by atoms with Gasteiger partial charge in [-0.05, 0) is 11.6 Å².